The molecule has 0 spiro atoms. The monoisotopic (exact) mass is 498 g/mol. The van der Waals surface area contributed by atoms with E-state index in [1.165, 1.54) is 50.7 Å². The molecule has 6 rings (SSSR count). The van der Waals surface area contributed by atoms with Crippen LogP contribution in [0.15, 0.2) is 29.2 Å². The highest BCUT2D eigenvalue weighted by atomic mass is 32.2. The van der Waals surface area contributed by atoms with E-state index in [2.05, 4.69) is 12.2 Å². The lowest BCUT2D eigenvalue weighted by atomic mass is 9.48. The molecule has 0 aromatic heterocycles. The van der Waals surface area contributed by atoms with Crippen molar-refractivity contribution in [3.05, 3.63) is 29.8 Å². The molecule has 1 unspecified atom stereocenters. The zero-order chi connectivity index (χ0) is 24.3. The summed E-state index contributed by atoms with van der Waals surface area (Å²) in [5, 5.41) is 3.27. The van der Waals surface area contributed by atoms with Gasteiger partial charge in [0, 0.05) is 25.0 Å². The first kappa shape index (κ1) is 24.1. The maximum atomic E-state index is 13.4. The molecule has 1 aromatic carbocycles. The van der Waals surface area contributed by atoms with Crippen molar-refractivity contribution in [3.8, 4) is 0 Å². The summed E-state index contributed by atoms with van der Waals surface area (Å²) in [6.45, 7) is 2.20. The van der Waals surface area contributed by atoms with Crippen LogP contribution in [0.4, 0.5) is 13.2 Å². The van der Waals surface area contributed by atoms with E-state index in [9.17, 15) is 26.4 Å². The molecule has 1 aliphatic heterocycles. The van der Waals surface area contributed by atoms with Crippen LogP contribution in [0, 0.1) is 29.1 Å². The van der Waals surface area contributed by atoms with E-state index in [1.54, 1.807) is 0 Å². The van der Waals surface area contributed by atoms with Gasteiger partial charge in [-0.1, -0.05) is 12.1 Å². The maximum Gasteiger partial charge on any atom is 0.417 e. The minimum atomic E-state index is -4.75. The zero-order valence-electron chi connectivity index (χ0n) is 19.5. The molecule has 1 heterocycles. The van der Waals surface area contributed by atoms with Crippen LogP contribution in [0.5, 0.6) is 0 Å². The van der Waals surface area contributed by atoms with E-state index < -0.39 is 26.7 Å². The molecule has 188 valence electrons. The molecule has 9 heteroatoms. The average Bonchev–Trinajstić information content (AvgIpc) is 2.77. The van der Waals surface area contributed by atoms with Crippen molar-refractivity contribution < 1.29 is 26.4 Å². The van der Waals surface area contributed by atoms with Crippen LogP contribution in [0.1, 0.15) is 63.9 Å². The van der Waals surface area contributed by atoms with Crippen molar-refractivity contribution in [1.29, 1.82) is 0 Å². The van der Waals surface area contributed by atoms with Crippen LogP contribution in [0.3, 0.4) is 0 Å². The highest BCUT2D eigenvalue weighted by molar-refractivity contribution is 7.89. The summed E-state index contributed by atoms with van der Waals surface area (Å²) < 4.78 is 67.2. The molecule has 5 fully saturated rings. The molecule has 5 nitrogen and oxygen atoms in total. The molecule has 0 radical (unpaired) electrons. The first-order valence-corrected chi connectivity index (χ1v) is 13.9. The van der Waals surface area contributed by atoms with Crippen LogP contribution < -0.4 is 5.32 Å². The number of amides is 1. The Bertz CT molecular complexity index is 1010. The summed E-state index contributed by atoms with van der Waals surface area (Å²) in [5.74, 6) is 2.01. The van der Waals surface area contributed by atoms with Gasteiger partial charge in [0.25, 0.3) is 0 Å². The second-order valence-electron chi connectivity index (χ2n) is 11.2. The molecule has 4 bridgehead atoms. The van der Waals surface area contributed by atoms with Crippen molar-refractivity contribution >= 4 is 15.9 Å². The van der Waals surface area contributed by atoms with Gasteiger partial charge in [0.15, 0.2) is 0 Å². The van der Waals surface area contributed by atoms with Gasteiger partial charge in [0.2, 0.25) is 15.9 Å². The lowest BCUT2D eigenvalue weighted by Gasteiger charge is -2.59. The standard InChI is InChI=1S/C25H33F3N2O3S/c1-16(24-13-17-10-18(14-24)12-19(11-17)15-24)29-23(31)20-6-8-30(9-7-20)34(32,33)22-5-3-2-4-21(22)25(26,27)28/h2-5,16-20H,6-15H2,1H3,(H,29,31). The maximum absolute atomic E-state index is 13.4. The van der Waals surface area contributed by atoms with Crippen LogP contribution >= 0.6 is 0 Å². The van der Waals surface area contributed by atoms with Crippen LogP contribution in [-0.4, -0.2) is 37.8 Å². The molecule has 1 aromatic rings. The fourth-order valence-corrected chi connectivity index (χ4v) is 9.30. The largest absolute Gasteiger partial charge is 0.417 e. The van der Waals surface area contributed by atoms with E-state index in [0.29, 0.717) is 12.8 Å². The SMILES string of the molecule is CC(NC(=O)C1CCN(S(=O)(=O)c2ccccc2C(F)(F)F)CC1)C12CC3CC(CC(C3)C1)C2. The quantitative estimate of drug-likeness (QED) is 0.633. The Balaban J connectivity index is 1.22. The molecular formula is C25H33F3N2O3S. The third kappa shape index (κ3) is 4.27. The van der Waals surface area contributed by atoms with Crippen LogP contribution in [-0.2, 0) is 21.0 Å². The van der Waals surface area contributed by atoms with Gasteiger partial charge in [-0.25, -0.2) is 8.42 Å². The third-order valence-corrected chi connectivity index (χ3v) is 11.0. The van der Waals surface area contributed by atoms with Gasteiger partial charge in [-0.05, 0) is 93.6 Å². The minimum Gasteiger partial charge on any atom is -0.353 e. The van der Waals surface area contributed by atoms with Gasteiger partial charge < -0.3 is 5.32 Å². The molecule has 1 N–H and O–H groups in total. The molecule has 4 saturated carbocycles. The number of alkyl halides is 3. The summed E-state index contributed by atoms with van der Waals surface area (Å²) in [6, 6.07) is 4.37. The van der Waals surface area contributed by atoms with E-state index in [0.717, 1.165) is 34.2 Å². The van der Waals surface area contributed by atoms with Crippen molar-refractivity contribution in [2.45, 2.75) is 75.4 Å². The predicted octanol–water partition coefficient (Wildman–Crippen LogP) is 4.83. The lowest BCUT2D eigenvalue weighted by Crippen LogP contribution is -2.56. The Morgan fingerprint density at radius 3 is 2.09 bits per heavy atom. The van der Waals surface area contributed by atoms with Gasteiger partial charge >= 0.3 is 6.18 Å². The Hall–Kier alpha value is -1.61. The van der Waals surface area contributed by atoms with Crippen molar-refractivity contribution in [2.24, 2.45) is 29.1 Å². The van der Waals surface area contributed by atoms with Gasteiger partial charge in [0.05, 0.1) is 10.5 Å². The number of nitrogens with one attached hydrogen (secondary N) is 1. The highest BCUT2D eigenvalue weighted by Crippen LogP contribution is 2.61. The van der Waals surface area contributed by atoms with E-state index in [-0.39, 0.29) is 36.4 Å². The second-order valence-corrected chi connectivity index (χ2v) is 13.1. The second kappa shape index (κ2) is 8.50. The molecular weight excluding hydrogens is 465 g/mol. The van der Waals surface area contributed by atoms with E-state index in [1.807, 2.05) is 0 Å². The fourth-order valence-electron chi connectivity index (χ4n) is 7.62. The summed E-state index contributed by atoms with van der Waals surface area (Å²) >= 11 is 0. The number of sulfonamides is 1. The highest BCUT2D eigenvalue weighted by Gasteiger charge is 2.53. The average molecular weight is 499 g/mol. The molecule has 1 saturated heterocycles. The fraction of sp³-hybridized carbons (Fsp3) is 0.720. The Morgan fingerprint density at radius 1 is 1.03 bits per heavy atom. The number of halogens is 3. The number of carbonyl (C=O) groups excluding carboxylic acids is 1. The lowest BCUT2D eigenvalue weighted by molar-refractivity contribution is -0.139. The number of hydrogen-bond acceptors (Lipinski definition) is 3. The number of piperidine rings is 1. The van der Waals surface area contributed by atoms with Gasteiger partial charge in [-0.15, -0.1) is 0 Å². The van der Waals surface area contributed by atoms with Crippen molar-refractivity contribution in [1.82, 2.24) is 9.62 Å². The first-order valence-electron chi connectivity index (χ1n) is 12.4. The van der Waals surface area contributed by atoms with Crippen LogP contribution in [0.2, 0.25) is 0 Å². The van der Waals surface area contributed by atoms with Crippen LogP contribution in [0.25, 0.3) is 0 Å². The van der Waals surface area contributed by atoms with Gasteiger partial charge in [-0.3, -0.25) is 4.79 Å². The topological polar surface area (TPSA) is 66.5 Å². The van der Waals surface area contributed by atoms with Crippen molar-refractivity contribution in [3.63, 3.8) is 0 Å². The Kier molecular flexibility index (Phi) is 6.03. The number of rotatable bonds is 5. The number of benzene rings is 1. The summed E-state index contributed by atoms with van der Waals surface area (Å²) in [5.41, 5.74) is -0.963. The molecule has 1 atom stereocenters. The molecule has 1 amide bonds. The molecule has 4 aliphatic carbocycles. The van der Waals surface area contributed by atoms with E-state index in [4.69, 9.17) is 0 Å². The summed E-state index contributed by atoms with van der Waals surface area (Å²) in [4.78, 5) is 12.4. The number of nitrogens with zero attached hydrogens (tertiary/aromatic N) is 1. The van der Waals surface area contributed by atoms with E-state index >= 15 is 0 Å². The molecule has 5 aliphatic rings. The molecule has 34 heavy (non-hydrogen) atoms. The van der Waals surface area contributed by atoms with Gasteiger partial charge in [0.1, 0.15) is 0 Å². The predicted molar refractivity (Wildman–Crippen MR) is 121 cm³/mol. The Labute approximate surface area is 199 Å². The van der Waals surface area contributed by atoms with Gasteiger partial charge in [-0.2, -0.15) is 17.5 Å². The van der Waals surface area contributed by atoms with Crippen molar-refractivity contribution in [2.75, 3.05) is 13.1 Å². The number of hydrogen-bond donors (Lipinski definition) is 1. The smallest absolute Gasteiger partial charge is 0.353 e. The Morgan fingerprint density at radius 2 is 1.56 bits per heavy atom. The minimum absolute atomic E-state index is 0.0400. The third-order valence-electron chi connectivity index (χ3n) is 9.00. The first-order chi connectivity index (χ1) is 16.0. The zero-order valence-corrected chi connectivity index (χ0v) is 20.3. The summed E-state index contributed by atoms with van der Waals surface area (Å²) in [6.07, 6.45) is 3.45. The normalized spacial score (nSPS) is 33.1. The number of carbonyl (C=O) groups is 1. The summed E-state index contributed by atoms with van der Waals surface area (Å²) in [7, 11) is -4.30.